The van der Waals surface area contributed by atoms with Gasteiger partial charge in [-0.25, -0.2) is 13.1 Å². The zero-order valence-electron chi connectivity index (χ0n) is 11.3. The highest BCUT2D eigenvalue weighted by atomic mass is 32.2. The van der Waals surface area contributed by atoms with Crippen LogP contribution in [0, 0.1) is 5.92 Å². The van der Waals surface area contributed by atoms with Gasteiger partial charge in [-0.2, -0.15) is 0 Å². The van der Waals surface area contributed by atoms with E-state index in [2.05, 4.69) is 23.9 Å². The maximum Gasteiger partial charge on any atom is 0.212 e. The Bertz CT molecular complexity index is 276. The minimum absolute atomic E-state index is 0.107. The van der Waals surface area contributed by atoms with E-state index >= 15 is 0 Å². The Hall–Kier alpha value is -0.170. The molecule has 0 spiro atoms. The molecule has 0 unspecified atom stereocenters. The van der Waals surface area contributed by atoms with Crippen LogP contribution in [0.2, 0.25) is 0 Å². The molecule has 17 heavy (non-hydrogen) atoms. The molecule has 0 aliphatic carbocycles. The molecule has 0 atom stereocenters. The maximum absolute atomic E-state index is 11.5. The fraction of sp³-hybridized carbons (Fsp3) is 1.00. The van der Waals surface area contributed by atoms with Crippen molar-refractivity contribution in [3.63, 3.8) is 0 Å². The van der Waals surface area contributed by atoms with Gasteiger partial charge in [0.25, 0.3) is 0 Å². The summed E-state index contributed by atoms with van der Waals surface area (Å²) in [7, 11) is -3.17. The van der Waals surface area contributed by atoms with Crippen molar-refractivity contribution in [1.82, 2.24) is 10.0 Å². The van der Waals surface area contributed by atoms with E-state index in [1.165, 1.54) is 0 Å². The minimum atomic E-state index is -3.17. The lowest BCUT2D eigenvalue weighted by molar-refractivity contribution is 0.114. The van der Waals surface area contributed by atoms with Crippen LogP contribution in [0.15, 0.2) is 0 Å². The number of rotatable bonds is 10. The number of sulfonamides is 1. The summed E-state index contributed by atoms with van der Waals surface area (Å²) in [6.07, 6.45) is 0. The van der Waals surface area contributed by atoms with Crippen molar-refractivity contribution in [2.45, 2.75) is 33.7 Å². The molecule has 104 valence electrons. The third kappa shape index (κ3) is 12.1. The fourth-order valence-corrected chi connectivity index (χ4v) is 2.07. The Morgan fingerprint density at radius 3 is 2.29 bits per heavy atom. The molecular weight excluding hydrogens is 240 g/mol. The first-order valence-corrected chi connectivity index (χ1v) is 7.77. The summed E-state index contributed by atoms with van der Waals surface area (Å²) >= 11 is 0. The second-order valence-electron chi connectivity index (χ2n) is 4.79. The SMILES string of the molecule is CC(C)COCCNS(=O)(=O)CCNC(C)C. The number of hydrogen-bond donors (Lipinski definition) is 2. The number of nitrogens with one attached hydrogen (secondary N) is 2. The zero-order chi connectivity index (χ0) is 13.3. The van der Waals surface area contributed by atoms with Crippen LogP contribution in [0.1, 0.15) is 27.7 Å². The van der Waals surface area contributed by atoms with Crippen LogP contribution in [0.25, 0.3) is 0 Å². The normalized spacial score (nSPS) is 12.6. The average molecular weight is 266 g/mol. The molecule has 0 amide bonds. The second kappa shape index (κ2) is 8.85. The van der Waals surface area contributed by atoms with E-state index < -0.39 is 10.0 Å². The van der Waals surface area contributed by atoms with Gasteiger partial charge in [0.15, 0.2) is 0 Å². The molecule has 0 radical (unpaired) electrons. The molecule has 2 N–H and O–H groups in total. The summed E-state index contributed by atoms with van der Waals surface area (Å²) < 4.78 is 30.8. The van der Waals surface area contributed by atoms with E-state index in [1.807, 2.05) is 13.8 Å². The van der Waals surface area contributed by atoms with Crippen molar-refractivity contribution in [2.24, 2.45) is 5.92 Å². The van der Waals surface area contributed by atoms with Crippen LogP contribution < -0.4 is 10.0 Å². The third-order valence-corrected chi connectivity index (χ3v) is 3.33. The van der Waals surface area contributed by atoms with Gasteiger partial charge in [0.05, 0.1) is 12.4 Å². The topological polar surface area (TPSA) is 67.4 Å². The van der Waals surface area contributed by atoms with Crippen molar-refractivity contribution >= 4 is 10.0 Å². The first-order valence-electron chi connectivity index (χ1n) is 6.12. The van der Waals surface area contributed by atoms with Gasteiger partial charge in [-0.1, -0.05) is 27.7 Å². The Kier molecular flexibility index (Phi) is 8.77. The molecule has 0 aliphatic heterocycles. The largest absolute Gasteiger partial charge is 0.380 e. The first-order chi connectivity index (χ1) is 7.83. The summed E-state index contributed by atoms with van der Waals surface area (Å²) in [5.74, 6) is 0.580. The lowest BCUT2D eigenvalue weighted by Gasteiger charge is -2.10. The Morgan fingerprint density at radius 2 is 1.76 bits per heavy atom. The molecule has 0 bridgehead atoms. The molecular formula is C11H26N2O3S. The van der Waals surface area contributed by atoms with Crippen molar-refractivity contribution in [1.29, 1.82) is 0 Å². The van der Waals surface area contributed by atoms with Crippen molar-refractivity contribution in [3.05, 3.63) is 0 Å². The monoisotopic (exact) mass is 266 g/mol. The minimum Gasteiger partial charge on any atom is -0.380 e. The van der Waals surface area contributed by atoms with Crippen LogP contribution in [0.4, 0.5) is 0 Å². The van der Waals surface area contributed by atoms with E-state index in [9.17, 15) is 8.42 Å². The predicted molar refractivity (Wildman–Crippen MR) is 70.6 cm³/mol. The summed E-state index contributed by atoms with van der Waals surface area (Å²) in [5, 5.41) is 3.07. The molecule has 6 heteroatoms. The molecule has 0 aliphatic rings. The highest BCUT2D eigenvalue weighted by Gasteiger charge is 2.09. The Labute approximate surface area is 105 Å². The Balaban J connectivity index is 3.57. The van der Waals surface area contributed by atoms with Gasteiger partial charge < -0.3 is 10.1 Å². The summed E-state index contributed by atoms with van der Waals surface area (Å²) in [5.41, 5.74) is 0. The first kappa shape index (κ1) is 16.8. The van der Waals surface area contributed by atoms with Crippen LogP contribution >= 0.6 is 0 Å². The summed E-state index contributed by atoms with van der Waals surface area (Å²) in [4.78, 5) is 0. The summed E-state index contributed by atoms with van der Waals surface area (Å²) in [6, 6.07) is 0.305. The van der Waals surface area contributed by atoms with E-state index in [4.69, 9.17) is 4.74 Å². The molecule has 0 fully saturated rings. The van der Waals surface area contributed by atoms with Crippen molar-refractivity contribution in [3.8, 4) is 0 Å². The molecule has 5 nitrogen and oxygen atoms in total. The van der Waals surface area contributed by atoms with Crippen molar-refractivity contribution < 1.29 is 13.2 Å². The number of ether oxygens (including phenoxy) is 1. The van der Waals surface area contributed by atoms with Crippen LogP contribution in [-0.4, -0.2) is 46.5 Å². The zero-order valence-corrected chi connectivity index (χ0v) is 12.1. The van der Waals surface area contributed by atoms with Crippen molar-refractivity contribution in [2.75, 3.05) is 32.1 Å². The standard InChI is InChI=1S/C11H26N2O3S/c1-10(2)9-16-7-5-13-17(14,15)8-6-12-11(3)4/h10-13H,5-9H2,1-4H3. The van der Waals surface area contributed by atoms with Gasteiger partial charge in [0, 0.05) is 25.7 Å². The number of hydrogen-bond acceptors (Lipinski definition) is 4. The molecule has 0 aromatic carbocycles. The fourth-order valence-electron chi connectivity index (χ4n) is 1.14. The lowest BCUT2D eigenvalue weighted by Crippen LogP contribution is -2.35. The van der Waals surface area contributed by atoms with Gasteiger partial charge in [0.1, 0.15) is 0 Å². The smallest absolute Gasteiger partial charge is 0.212 e. The molecule has 0 saturated heterocycles. The Morgan fingerprint density at radius 1 is 1.12 bits per heavy atom. The molecule has 0 heterocycles. The van der Waals surface area contributed by atoms with E-state index in [0.29, 0.717) is 38.3 Å². The summed E-state index contributed by atoms with van der Waals surface area (Å²) in [6.45, 7) is 9.99. The molecule has 0 aromatic rings. The predicted octanol–water partition coefficient (Wildman–Crippen LogP) is 0.576. The van der Waals surface area contributed by atoms with Crippen LogP contribution in [-0.2, 0) is 14.8 Å². The molecule has 0 rings (SSSR count). The van der Waals surface area contributed by atoms with E-state index in [1.54, 1.807) is 0 Å². The molecule has 0 saturated carbocycles. The average Bonchev–Trinajstić information content (AvgIpc) is 2.15. The second-order valence-corrected chi connectivity index (χ2v) is 6.72. The highest BCUT2D eigenvalue weighted by molar-refractivity contribution is 7.89. The van der Waals surface area contributed by atoms with Gasteiger partial charge in [-0.3, -0.25) is 0 Å². The van der Waals surface area contributed by atoms with Gasteiger partial charge >= 0.3 is 0 Å². The third-order valence-electron chi connectivity index (χ3n) is 1.94. The highest BCUT2D eigenvalue weighted by Crippen LogP contribution is 1.91. The van der Waals surface area contributed by atoms with Gasteiger partial charge in [-0.05, 0) is 5.92 Å². The van der Waals surface area contributed by atoms with Crippen LogP contribution in [0.5, 0.6) is 0 Å². The van der Waals surface area contributed by atoms with E-state index in [-0.39, 0.29) is 5.75 Å². The van der Waals surface area contributed by atoms with Crippen LogP contribution in [0.3, 0.4) is 0 Å². The molecule has 0 aromatic heterocycles. The maximum atomic E-state index is 11.5. The van der Waals surface area contributed by atoms with Gasteiger partial charge in [-0.15, -0.1) is 0 Å². The van der Waals surface area contributed by atoms with Gasteiger partial charge in [0.2, 0.25) is 10.0 Å². The van der Waals surface area contributed by atoms with E-state index in [0.717, 1.165) is 0 Å². The lowest BCUT2D eigenvalue weighted by atomic mass is 10.2. The quantitative estimate of drug-likeness (QED) is 0.568.